The van der Waals surface area contributed by atoms with Gasteiger partial charge in [-0.1, -0.05) is 12.1 Å². The van der Waals surface area contributed by atoms with Crippen LogP contribution in [-0.4, -0.2) is 57.0 Å². The Labute approximate surface area is 254 Å². The third kappa shape index (κ3) is 5.96. The SMILES string of the molecule is COC(=O)Nc1ccc(S)c([C@H]2[C@@H](C=O)CCN2C(=O)[C@H](Nc2ccc3c(c2)C(=O)NC3)c2ccc(OC)c(OC)c2)c1. The minimum absolute atomic E-state index is 0.178. The Morgan fingerprint density at radius 1 is 1.02 bits per heavy atom. The van der Waals surface area contributed by atoms with E-state index in [1.807, 2.05) is 12.1 Å². The number of hydrogen-bond donors (Lipinski definition) is 4. The van der Waals surface area contributed by atoms with Crippen LogP contribution in [0.3, 0.4) is 0 Å². The first-order valence-corrected chi connectivity index (χ1v) is 14.1. The molecule has 3 aromatic carbocycles. The van der Waals surface area contributed by atoms with Gasteiger partial charge in [-0.15, -0.1) is 12.6 Å². The Hall–Kier alpha value is -4.71. The molecule has 0 saturated carbocycles. The van der Waals surface area contributed by atoms with Crippen LogP contribution in [0.15, 0.2) is 59.5 Å². The number of nitrogens with one attached hydrogen (secondary N) is 3. The number of hydrogen-bond acceptors (Lipinski definition) is 9. The van der Waals surface area contributed by atoms with Crippen LogP contribution < -0.4 is 25.4 Å². The average Bonchev–Trinajstić information content (AvgIpc) is 3.63. The van der Waals surface area contributed by atoms with Crippen LogP contribution in [0.5, 0.6) is 11.5 Å². The van der Waals surface area contributed by atoms with Gasteiger partial charge in [0.25, 0.3) is 5.91 Å². The second-order valence-electron chi connectivity index (χ2n) is 10.2. The number of ether oxygens (including phenoxy) is 3. The number of likely N-dealkylation sites (tertiary alicyclic amines) is 1. The molecule has 2 heterocycles. The summed E-state index contributed by atoms with van der Waals surface area (Å²) in [5.74, 6) is -0.0383. The Kier molecular flexibility index (Phi) is 8.76. The molecule has 0 radical (unpaired) electrons. The van der Waals surface area contributed by atoms with Crippen LogP contribution in [0.2, 0.25) is 0 Å². The zero-order chi connectivity index (χ0) is 30.7. The zero-order valence-electron chi connectivity index (χ0n) is 23.9. The van der Waals surface area contributed by atoms with E-state index in [1.165, 1.54) is 21.3 Å². The number of carbonyl (C=O) groups excluding carboxylic acids is 4. The van der Waals surface area contributed by atoms with Gasteiger partial charge in [0.1, 0.15) is 12.3 Å². The number of amides is 3. The van der Waals surface area contributed by atoms with E-state index in [2.05, 4.69) is 28.6 Å². The lowest BCUT2D eigenvalue weighted by Gasteiger charge is -2.32. The summed E-state index contributed by atoms with van der Waals surface area (Å²) in [6.07, 6.45) is 0.646. The van der Waals surface area contributed by atoms with Crippen molar-refractivity contribution < 1.29 is 33.4 Å². The number of nitrogens with zero attached hydrogens (tertiary/aromatic N) is 1. The standard InChI is InChI=1S/C31H32N4O7S/c1-40-24-8-5-17(12-25(24)41-2)27(33-20-6-4-18-15-32-29(37)22(18)13-20)30(38)35-11-10-19(16-36)28(35)23-14-21(7-9-26(23)43)34-31(39)42-3/h4-9,12-14,16,19,27-28,33,43H,10-11,15H2,1-3H3,(H,32,37)(H,34,39)/t19-,27-,28-/m1/s1. The Morgan fingerprint density at radius 2 is 1.79 bits per heavy atom. The highest BCUT2D eigenvalue weighted by atomic mass is 32.1. The van der Waals surface area contributed by atoms with E-state index in [9.17, 15) is 19.2 Å². The molecular weight excluding hydrogens is 572 g/mol. The largest absolute Gasteiger partial charge is 0.493 e. The highest BCUT2D eigenvalue weighted by Gasteiger charge is 2.42. The molecule has 2 aliphatic heterocycles. The summed E-state index contributed by atoms with van der Waals surface area (Å²) in [6.45, 7) is 0.762. The van der Waals surface area contributed by atoms with E-state index in [-0.39, 0.29) is 11.8 Å². The molecule has 0 bridgehead atoms. The number of rotatable bonds is 9. The third-order valence-electron chi connectivity index (χ3n) is 7.77. The van der Waals surface area contributed by atoms with Crippen molar-refractivity contribution in [2.45, 2.75) is 29.9 Å². The lowest BCUT2D eigenvalue weighted by molar-refractivity contribution is -0.133. The van der Waals surface area contributed by atoms with Gasteiger partial charge in [0, 0.05) is 40.8 Å². The summed E-state index contributed by atoms with van der Waals surface area (Å²) < 4.78 is 15.6. The van der Waals surface area contributed by atoms with Crippen molar-refractivity contribution in [2.24, 2.45) is 5.92 Å². The van der Waals surface area contributed by atoms with Gasteiger partial charge in [0.05, 0.1) is 27.4 Å². The van der Waals surface area contributed by atoms with Gasteiger partial charge in [-0.2, -0.15) is 0 Å². The number of carbonyl (C=O) groups is 4. The number of methoxy groups -OCH3 is 3. The maximum Gasteiger partial charge on any atom is 0.411 e. The average molecular weight is 605 g/mol. The molecule has 2 aliphatic rings. The number of anilines is 2. The highest BCUT2D eigenvalue weighted by molar-refractivity contribution is 7.80. The molecule has 224 valence electrons. The third-order valence-corrected chi connectivity index (χ3v) is 8.18. The normalized spacial score (nSPS) is 17.9. The quantitative estimate of drug-likeness (QED) is 0.209. The summed E-state index contributed by atoms with van der Waals surface area (Å²) in [6, 6.07) is 14.1. The smallest absolute Gasteiger partial charge is 0.411 e. The maximum absolute atomic E-state index is 14.5. The van der Waals surface area contributed by atoms with Crippen molar-refractivity contribution in [3.8, 4) is 11.5 Å². The first-order valence-electron chi connectivity index (χ1n) is 13.6. The minimum Gasteiger partial charge on any atom is -0.493 e. The molecule has 3 atom stereocenters. The maximum atomic E-state index is 14.5. The van der Waals surface area contributed by atoms with Gasteiger partial charge in [-0.3, -0.25) is 14.9 Å². The van der Waals surface area contributed by atoms with Gasteiger partial charge in [0.2, 0.25) is 5.91 Å². The fourth-order valence-corrected chi connectivity index (χ4v) is 5.87. The molecule has 5 rings (SSSR count). The van der Waals surface area contributed by atoms with Crippen LogP contribution in [0, 0.1) is 5.92 Å². The van der Waals surface area contributed by atoms with E-state index >= 15 is 0 Å². The van der Waals surface area contributed by atoms with Crippen molar-refractivity contribution >= 4 is 48.2 Å². The molecule has 1 saturated heterocycles. The molecule has 43 heavy (non-hydrogen) atoms. The molecule has 0 aromatic heterocycles. The van der Waals surface area contributed by atoms with Crippen molar-refractivity contribution in [3.63, 3.8) is 0 Å². The van der Waals surface area contributed by atoms with Gasteiger partial charge < -0.3 is 34.5 Å². The Balaban J connectivity index is 1.56. The molecule has 11 nitrogen and oxygen atoms in total. The van der Waals surface area contributed by atoms with Crippen LogP contribution in [-0.2, 0) is 20.9 Å². The van der Waals surface area contributed by atoms with Crippen molar-refractivity contribution in [1.82, 2.24) is 10.2 Å². The van der Waals surface area contributed by atoms with Crippen LogP contribution >= 0.6 is 12.6 Å². The predicted molar refractivity (Wildman–Crippen MR) is 162 cm³/mol. The molecule has 0 aliphatic carbocycles. The molecule has 3 amide bonds. The summed E-state index contributed by atoms with van der Waals surface area (Å²) in [5, 5.41) is 8.76. The monoisotopic (exact) mass is 604 g/mol. The van der Waals surface area contributed by atoms with Gasteiger partial charge in [-0.05, 0) is 65.6 Å². The van der Waals surface area contributed by atoms with E-state index in [0.717, 1.165) is 11.8 Å². The Morgan fingerprint density at radius 3 is 2.51 bits per heavy atom. The van der Waals surface area contributed by atoms with Crippen molar-refractivity contribution in [3.05, 3.63) is 76.9 Å². The second-order valence-corrected chi connectivity index (χ2v) is 10.7. The zero-order valence-corrected chi connectivity index (χ0v) is 24.8. The topological polar surface area (TPSA) is 135 Å². The summed E-state index contributed by atoms with van der Waals surface area (Å²) >= 11 is 4.64. The highest BCUT2D eigenvalue weighted by Crippen LogP contribution is 2.42. The summed E-state index contributed by atoms with van der Waals surface area (Å²) in [5.41, 5.74) is 3.63. The number of benzene rings is 3. The van der Waals surface area contributed by atoms with E-state index in [1.54, 1.807) is 47.4 Å². The van der Waals surface area contributed by atoms with Crippen LogP contribution in [0.1, 0.15) is 45.6 Å². The fraction of sp³-hybridized carbons (Fsp3) is 0.290. The molecular formula is C31H32N4O7S. The first-order chi connectivity index (χ1) is 20.8. The van der Waals surface area contributed by atoms with E-state index in [4.69, 9.17) is 14.2 Å². The van der Waals surface area contributed by atoms with Gasteiger partial charge in [0.15, 0.2) is 11.5 Å². The molecule has 12 heteroatoms. The van der Waals surface area contributed by atoms with E-state index in [0.29, 0.717) is 64.0 Å². The first kappa shape index (κ1) is 29.8. The summed E-state index contributed by atoms with van der Waals surface area (Å²) in [4.78, 5) is 53.3. The van der Waals surface area contributed by atoms with Crippen molar-refractivity contribution in [1.29, 1.82) is 0 Å². The minimum atomic E-state index is -0.921. The van der Waals surface area contributed by atoms with E-state index < -0.39 is 24.1 Å². The second kappa shape index (κ2) is 12.7. The number of thiol groups is 1. The van der Waals surface area contributed by atoms with Gasteiger partial charge >= 0.3 is 6.09 Å². The molecule has 1 fully saturated rings. The molecule has 0 unspecified atom stereocenters. The molecule has 3 N–H and O–H groups in total. The lowest BCUT2D eigenvalue weighted by atomic mass is 9.93. The van der Waals surface area contributed by atoms with Crippen LogP contribution in [0.4, 0.5) is 16.2 Å². The lowest BCUT2D eigenvalue weighted by Crippen LogP contribution is -2.39. The van der Waals surface area contributed by atoms with Crippen molar-refractivity contribution in [2.75, 3.05) is 38.5 Å². The molecule has 0 spiro atoms. The molecule has 3 aromatic rings. The Bertz CT molecular complexity index is 1580. The number of fused-ring (bicyclic) bond motifs is 1. The number of aldehydes is 1. The fourth-order valence-electron chi connectivity index (χ4n) is 5.60. The predicted octanol–water partition coefficient (Wildman–Crippen LogP) is 4.36. The van der Waals surface area contributed by atoms with Gasteiger partial charge in [-0.25, -0.2) is 4.79 Å². The summed E-state index contributed by atoms with van der Waals surface area (Å²) in [7, 11) is 4.30. The van der Waals surface area contributed by atoms with Crippen LogP contribution in [0.25, 0.3) is 0 Å².